The first kappa shape index (κ1) is 19.6. The molecular weight excluding hydrogens is 314 g/mol. The molecule has 1 heterocycles. The third-order valence-corrected chi connectivity index (χ3v) is 4.72. The number of carbonyl (C=O) groups excluding carboxylic acids is 1. The molecule has 3 N–H and O–H groups in total. The topological polar surface area (TPSA) is 67.6 Å². The number of nitrogens with one attached hydrogen (secondary N) is 1. The zero-order valence-electron chi connectivity index (χ0n) is 16.3. The number of amides is 1. The van der Waals surface area contributed by atoms with Gasteiger partial charge in [-0.15, -0.1) is 0 Å². The van der Waals surface area contributed by atoms with E-state index in [0.29, 0.717) is 31.5 Å². The van der Waals surface area contributed by atoms with Crippen LogP contribution >= 0.6 is 0 Å². The highest BCUT2D eigenvalue weighted by atomic mass is 16.6. The number of hydrogen-bond donors (Lipinski definition) is 2. The molecule has 5 nitrogen and oxygen atoms in total. The first-order valence-electron chi connectivity index (χ1n) is 9.24. The Hall–Kier alpha value is -1.75. The number of anilines is 1. The molecule has 5 heteroatoms. The highest BCUT2D eigenvalue weighted by Crippen LogP contribution is 2.27. The van der Waals surface area contributed by atoms with Crippen LogP contribution in [0.1, 0.15) is 45.7 Å². The van der Waals surface area contributed by atoms with Gasteiger partial charge in [0, 0.05) is 25.3 Å². The fourth-order valence-corrected chi connectivity index (χ4v) is 3.09. The second kappa shape index (κ2) is 8.09. The number of nitrogens with two attached hydrogens (primary N) is 1. The summed E-state index contributed by atoms with van der Waals surface area (Å²) in [4.78, 5) is 14.1. The van der Waals surface area contributed by atoms with E-state index in [0.717, 1.165) is 13.0 Å². The molecule has 0 aromatic heterocycles. The van der Waals surface area contributed by atoms with E-state index in [1.165, 1.54) is 16.8 Å². The molecule has 0 fully saturated rings. The molecular formula is C20H33N3O2. The average Bonchev–Trinajstić information content (AvgIpc) is 2.53. The minimum atomic E-state index is -0.463. The predicted molar refractivity (Wildman–Crippen MR) is 103 cm³/mol. The number of ether oxygens (including phenoxy) is 1. The zero-order valence-corrected chi connectivity index (χ0v) is 16.3. The van der Waals surface area contributed by atoms with Gasteiger partial charge in [0.05, 0.1) is 0 Å². The van der Waals surface area contributed by atoms with Crippen LogP contribution < -0.4 is 11.1 Å². The lowest BCUT2D eigenvalue weighted by atomic mass is 9.94. The summed E-state index contributed by atoms with van der Waals surface area (Å²) in [5.74, 6) is 1.01. The molecule has 0 bridgehead atoms. The van der Waals surface area contributed by atoms with Crippen LogP contribution in [0.3, 0.4) is 0 Å². The summed E-state index contributed by atoms with van der Waals surface area (Å²) in [6.45, 7) is 13.0. The summed E-state index contributed by atoms with van der Waals surface area (Å²) in [6, 6.07) is 6.27. The van der Waals surface area contributed by atoms with E-state index in [1.54, 1.807) is 4.90 Å². The van der Waals surface area contributed by atoms with Crippen molar-refractivity contribution < 1.29 is 9.53 Å². The predicted octanol–water partition coefficient (Wildman–Crippen LogP) is 3.62. The van der Waals surface area contributed by atoms with Crippen LogP contribution in [-0.2, 0) is 17.7 Å². The minimum absolute atomic E-state index is 0.237. The van der Waals surface area contributed by atoms with Crippen molar-refractivity contribution in [2.45, 2.75) is 53.2 Å². The highest BCUT2D eigenvalue weighted by Gasteiger charge is 2.26. The monoisotopic (exact) mass is 347 g/mol. The van der Waals surface area contributed by atoms with Crippen molar-refractivity contribution in [2.24, 2.45) is 17.6 Å². The van der Waals surface area contributed by atoms with E-state index in [4.69, 9.17) is 10.5 Å². The van der Waals surface area contributed by atoms with Gasteiger partial charge in [-0.1, -0.05) is 26.0 Å². The SMILES string of the molecule is CC(C)C(CN)CNc1cccc2c1CCN(C(=O)OC(C)(C)C)C2. The van der Waals surface area contributed by atoms with Crippen molar-refractivity contribution >= 4 is 11.8 Å². The van der Waals surface area contributed by atoms with Gasteiger partial charge in [0.2, 0.25) is 0 Å². The van der Waals surface area contributed by atoms with Gasteiger partial charge in [-0.3, -0.25) is 0 Å². The lowest BCUT2D eigenvalue weighted by Crippen LogP contribution is -2.40. The summed E-state index contributed by atoms with van der Waals surface area (Å²) in [7, 11) is 0. The molecule has 0 spiro atoms. The Kier molecular flexibility index (Phi) is 6.33. The van der Waals surface area contributed by atoms with Crippen molar-refractivity contribution in [3.05, 3.63) is 29.3 Å². The normalized spacial score (nSPS) is 15.7. The molecule has 25 heavy (non-hydrogen) atoms. The van der Waals surface area contributed by atoms with E-state index in [9.17, 15) is 4.79 Å². The van der Waals surface area contributed by atoms with E-state index >= 15 is 0 Å². The van der Waals surface area contributed by atoms with Crippen LogP contribution in [0.15, 0.2) is 18.2 Å². The quantitative estimate of drug-likeness (QED) is 0.853. The van der Waals surface area contributed by atoms with Crippen LogP contribution in [0.5, 0.6) is 0 Å². The number of carbonyl (C=O) groups is 1. The van der Waals surface area contributed by atoms with E-state index in [-0.39, 0.29) is 6.09 Å². The minimum Gasteiger partial charge on any atom is -0.444 e. The third-order valence-electron chi connectivity index (χ3n) is 4.72. The molecule has 1 aromatic rings. The Morgan fingerprint density at radius 1 is 1.36 bits per heavy atom. The summed E-state index contributed by atoms with van der Waals surface area (Å²) >= 11 is 0. The second-order valence-corrected chi connectivity index (χ2v) is 8.22. The molecule has 1 aromatic carbocycles. The Labute approximate surface area is 151 Å². The van der Waals surface area contributed by atoms with Crippen molar-refractivity contribution in [3.63, 3.8) is 0 Å². The molecule has 1 aliphatic rings. The molecule has 0 radical (unpaired) electrons. The fourth-order valence-electron chi connectivity index (χ4n) is 3.09. The number of fused-ring (bicyclic) bond motifs is 1. The third kappa shape index (κ3) is 5.36. The van der Waals surface area contributed by atoms with Gasteiger partial charge in [0.1, 0.15) is 5.60 Å². The van der Waals surface area contributed by atoms with Crippen LogP contribution in [0.25, 0.3) is 0 Å². The van der Waals surface area contributed by atoms with Gasteiger partial charge in [0.25, 0.3) is 0 Å². The summed E-state index contributed by atoms with van der Waals surface area (Å²) in [5.41, 5.74) is 9.08. The largest absolute Gasteiger partial charge is 0.444 e. The molecule has 1 aliphatic heterocycles. The fraction of sp³-hybridized carbons (Fsp3) is 0.650. The van der Waals surface area contributed by atoms with Gasteiger partial charge in [0.15, 0.2) is 0 Å². The molecule has 0 saturated heterocycles. The van der Waals surface area contributed by atoms with E-state index in [2.05, 4.69) is 31.3 Å². The van der Waals surface area contributed by atoms with Crippen LogP contribution in [0.4, 0.5) is 10.5 Å². The van der Waals surface area contributed by atoms with Gasteiger partial charge in [-0.05, 0) is 62.8 Å². The van der Waals surface area contributed by atoms with Gasteiger partial charge in [-0.25, -0.2) is 4.79 Å². The van der Waals surface area contributed by atoms with Crippen molar-refractivity contribution in [1.29, 1.82) is 0 Å². The van der Waals surface area contributed by atoms with Crippen molar-refractivity contribution in [3.8, 4) is 0 Å². The van der Waals surface area contributed by atoms with Crippen LogP contribution in [0, 0.1) is 11.8 Å². The average molecular weight is 348 g/mol. The standard InChI is InChI=1S/C20H33N3O2/c1-14(2)16(11-21)12-22-18-8-6-7-15-13-23(10-9-17(15)18)19(24)25-20(3,4)5/h6-8,14,16,22H,9-13,21H2,1-5H3. The van der Waals surface area contributed by atoms with Gasteiger partial charge < -0.3 is 20.7 Å². The lowest BCUT2D eigenvalue weighted by Gasteiger charge is -2.32. The van der Waals surface area contributed by atoms with Crippen LogP contribution in [-0.4, -0.2) is 36.2 Å². The first-order chi connectivity index (χ1) is 11.7. The summed E-state index contributed by atoms with van der Waals surface area (Å²) in [5, 5.41) is 3.57. The Morgan fingerprint density at radius 2 is 2.08 bits per heavy atom. The molecule has 1 amide bonds. The summed E-state index contributed by atoms with van der Waals surface area (Å²) in [6.07, 6.45) is 0.603. The van der Waals surface area contributed by atoms with Crippen LogP contribution in [0.2, 0.25) is 0 Å². The first-order valence-corrected chi connectivity index (χ1v) is 9.24. The molecule has 140 valence electrons. The molecule has 1 unspecified atom stereocenters. The maximum Gasteiger partial charge on any atom is 0.410 e. The van der Waals surface area contributed by atoms with Crippen molar-refractivity contribution in [2.75, 3.05) is 25.0 Å². The number of benzene rings is 1. The summed E-state index contributed by atoms with van der Waals surface area (Å²) < 4.78 is 5.50. The van der Waals surface area contributed by atoms with E-state index in [1.807, 2.05) is 26.8 Å². The zero-order chi connectivity index (χ0) is 18.6. The van der Waals surface area contributed by atoms with Crippen molar-refractivity contribution in [1.82, 2.24) is 4.90 Å². The maximum atomic E-state index is 12.3. The number of rotatable bonds is 5. The second-order valence-electron chi connectivity index (χ2n) is 8.22. The molecule has 0 aliphatic carbocycles. The molecule has 1 atom stereocenters. The molecule has 2 rings (SSSR count). The van der Waals surface area contributed by atoms with E-state index < -0.39 is 5.60 Å². The number of hydrogen-bond acceptors (Lipinski definition) is 4. The highest BCUT2D eigenvalue weighted by molar-refractivity contribution is 5.69. The Bertz CT molecular complexity index is 593. The Morgan fingerprint density at radius 3 is 2.68 bits per heavy atom. The van der Waals surface area contributed by atoms with Gasteiger partial charge in [-0.2, -0.15) is 0 Å². The molecule has 0 saturated carbocycles. The maximum absolute atomic E-state index is 12.3. The smallest absolute Gasteiger partial charge is 0.410 e. The lowest BCUT2D eigenvalue weighted by molar-refractivity contribution is 0.0224. The Balaban J connectivity index is 2.06. The van der Waals surface area contributed by atoms with Gasteiger partial charge >= 0.3 is 6.09 Å². The number of nitrogens with zero attached hydrogens (tertiary/aromatic N) is 1.